The van der Waals surface area contributed by atoms with Crippen LogP contribution in [-0.2, 0) is 4.74 Å². The van der Waals surface area contributed by atoms with Gasteiger partial charge >= 0.3 is 0 Å². The van der Waals surface area contributed by atoms with Crippen LogP contribution >= 0.6 is 0 Å². The number of methoxy groups -OCH3 is 1. The topological polar surface area (TPSA) is 105 Å². The van der Waals surface area contributed by atoms with Gasteiger partial charge in [0, 0.05) is 43.1 Å². The summed E-state index contributed by atoms with van der Waals surface area (Å²) in [6.45, 7) is 5.29. The third-order valence-electron chi connectivity index (χ3n) is 5.67. The second-order valence-electron chi connectivity index (χ2n) is 7.77. The molecule has 2 N–H and O–H groups in total. The molecule has 1 fully saturated rings. The molecule has 33 heavy (non-hydrogen) atoms. The van der Waals surface area contributed by atoms with Gasteiger partial charge in [0.25, 0.3) is 5.56 Å². The van der Waals surface area contributed by atoms with Gasteiger partial charge in [-0.1, -0.05) is 0 Å². The van der Waals surface area contributed by atoms with Crippen molar-refractivity contribution in [2.75, 3.05) is 43.6 Å². The monoisotopic (exact) mass is 444 g/mol. The lowest BCUT2D eigenvalue weighted by atomic mass is 10.1. The van der Waals surface area contributed by atoms with Gasteiger partial charge in [-0.2, -0.15) is 0 Å². The Bertz CT molecular complexity index is 1360. The molecule has 1 aliphatic rings. The minimum Gasteiger partial charge on any atom is -0.479 e. The van der Waals surface area contributed by atoms with Crippen LogP contribution < -0.4 is 20.5 Å². The summed E-state index contributed by atoms with van der Waals surface area (Å²) in [7, 11) is 1.54. The molecule has 4 aromatic rings. The van der Waals surface area contributed by atoms with Gasteiger partial charge in [-0.15, -0.1) is 0 Å². The van der Waals surface area contributed by atoms with Gasteiger partial charge in [-0.3, -0.25) is 4.79 Å². The molecule has 4 heterocycles. The molecule has 0 aliphatic carbocycles. The first-order chi connectivity index (χ1) is 16.1. The Morgan fingerprint density at radius 3 is 2.73 bits per heavy atom. The average molecular weight is 444 g/mol. The number of aromatic amines is 1. The standard InChI is InChI=1S/C24H24N6O3/c1-15-13-17(3-4-19(15)30-9-11-33-12-10-30)28-22-20-16(5-6-26-23(20)31)14-18(29-22)21-24(32-2)27-8-7-25-21/h3-8,13-14H,9-12H2,1-2H3,(H,26,31)(H,28,29). The first-order valence-electron chi connectivity index (χ1n) is 10.7. The van der Waals surface area contributed by atoms with E-state index in [1.54, 1.807) is 18.6 Å². The van der Waals surface area contributed by atoms with Gasteiger partial charge in [0.15, 0.2) is 5.69 Å². The van der Waals surface area contributed by atoms with Crippen molar-refractivity contribution in [3.8, 4) is 17.3 Å². The number of nitrogens with one attached hydrogen (secondary N) is 2. The fraction of sp³-hybridized carbons (Fsp3) is 0.250. The molecule has 0 unspecified atom stereocenters. The summed E-state index contributed by atoms with van der Waals surface area (Å²) in [4.78, 5) is 31.1. The summed E-state index contributed by atoms with van der Waals surface area (Å²) in [5.74, 6) is 0.807. The number of ether oxygens (including phenoxy) is 2. The van der Waals surface area contributed by atoms with Crippen molar-refractivity contribution in [3.05, 3.63) is 64.8 Å². The van der Waals surface area contributed by atoms with E-state index in [4.69, 9.17) is 14.5 Å². The Hall–Kier alpha value is -3.98. The third-order valence-corrected chi connectivity index (χ3v) is 5.67. The SMILES string of the molecule is COc1nccnc1-c1cc2cc[nH]c(=O)c2c(Nc2ccc(N3CCOCC3)c(C)c2)n1. The van der Waals surface area contributed by atoms with E-state index in [1.165, 1.54) is 12.8 Å². The molecular formula is C24H24N6O3. The number of rotatable bonds is 5. The molecule has 1 saturated heterocycles. The van der Waals surface area contributed by atoms with Crippen LogP contribution in [-0.4, -0.2) is 53.3 Å². The van der Waals surface area contributed by atoms with Gasteiger partial charge < -0.3 is 24.7 Å². The first-order valence-corrected chi connectivity index (χ1v) is 10.7. The molecule has 0 atom stereocenters. The van der Waals surface area contributed by atoms with Crippen molar-refractivity contribution >= 4 is 28.0 Å². The molecule has 0 saturated carbocycles. The lowest BCUT2D eigenvalue weighted by molar-refractivity contribution is 0.122. The van der Waals surface area contributed by atoms with Crippen LogP contribution in [0.15, 0.2) is 53.7 Å². The van der Waals surface area contributed by atoms with Crippen molar-refractivity contribution in [1.29, 1.82) is 0 Å². The molecule has 168 valence electrons. The highest BCUT2D eigenvalue weighted by atomic mass is 16.5. The third kappa shape index (κ3) is 4.10. The zero-order chi connectivity index (χ0) is 22.8. The fourth-order valence-corrected chi connectivity index (χ4v) is 4.11. The van der Waals surface area contributed by atoms with Crippen LogP contribution in [0.1, 0.15) is 5.56 Å². The summed E-state index contributed by atoms with van der Waals surface area (Å²) in [6.07, 6.45) is 4.77. The molecular weight excluding hydrogens is 420 g/mol. The van der Waals surface area contributed by atoms with E-state index in [9.17, 15) is 4.79 Å². The van der Waals surface area contributed by atoms with Crippen molar-refractivity contribution in [2.45, 2.75) is 6.92 Å². The Morgan fingerprint density at radius 1 is 1.12 bits per heavy atom. The maximum Gasteiger partial charge on any atom is 0.259 e. The normalized spacial score (nSPS) is 13.8. The van der Waals surface area contributed by atoms with Crippen LogP contribution in [0.2, 0.25) is 0 Å². The Kier molecular flexibility index (Phi) is 5.62. The number of H-pyrrole nitrogens is 1. The second-order valence-corrected chi connectivity index (χ2v) is 7.77. The summed E-state index contributed by atoms with van der Waals surface area (Å²) in [5.41, 5.74) is 3.99. The van der Waals surface area contributed by atoms with Crippen LogP contribution in [0.4, 0.5) is 17.2 Å². The molecule has 1 aromatic carbocycles. The average Bonchev–Trinajstić information content (AvgIpc) is 2.84. The molecule has 0 bridgehead atoms. The number of anilines is 3. The smallest absolute Gasteiger partial charge is 0.259 e. The van der Waals surface area contributed by atoms with Gasteiger partial charge in [0.05, 0.1) is 31.4 Å². The van der Waals surface area contributed by atoms with E-state index < -0.39 is 0 Å². The minimum atomic E-state index is -0.221. The summed E-state index contributed by atoms with van der Waals surface area (Å²) < 4.78 is 10.8. The van der Waals surface area contributed by atoms with Crippen LogP contribution in [0, 0.1) is 6.92 Å². The van der Waals surface area contributed by atoms with Gasteiger partial charge in [-0.25, -0.2) is 15.0 Å². The Labute approximate surface area is 190 Å². The van der Waals surface area contributed by atoms with Crippen molar-refractivity contribution in [1.82, 2.24) is 19.9 Å². The molecule has 3 aromatic heterocycles. The predicted octanol–water partition coefficient (Wildman–Crippen LogP) is 3.28. The lowest BCUT2D eigenvalue weighted by Crippen LogP contribution is -2.36. The largest absolute Gasteiger partial charge is 0.479 e. The second kappa shape index (κ2) is 8.87. The van der Waals surface area contributed by atoms with E-state index in [0.29, 0.717) is 28.5 Å². The van der Waals surface area contributed by atoms with Gasteiger partial charge in [-0.05, 0) is 48.2 Å². The molecule has 5 rings (SSSR count). The van der Waals surface area contributed by atoms with Crippen molar-refractivity contribution in [3.63, 3.8) is 0 Å². The highest BCUT2D eigenvalue weighted by Crippen LogP contribution is 2.31. The number of hydrogen-bond acceptors (Lipinski definition) is 8. The number of aromatic nitrogens is 4. The Balaban J connectivity index is 1.57. The Morgan fingerprint density at radius 2 is 1.94 bits per heavy atom. The van der Waals surface area contributed by atoms with Crippen molar-refractivity contribution in [2.24, 2.45) is 0 Å². The highest BCUT2D eigenvalue weighted by Gasteiger charge is 2.17. The highest BCUT2D eigenvalue weighted by molar-refractivity contribution is 5.95. The van der Waals surface area contributed by atoms with Crippen LogP contribution in [0.3, 0.4) is 0 Å². The van der Waals surface area contributed by atoms with Crippen LogP contribution in [0.25, 0.3) is 22.2 Å². The molecule has 0 radical (unpaired) electrons. The maximum atomic E-state index is 12.7. The summed E-state index contributed by atoms with van der Waals surface area (Å²) in [6, 6.07) is 9.80. The van der Waals surface area contributed by atoms with Crippen molar-refractivity contribution < 1.29 is 9.47 Å². The summed E-state index contributed by atoms with van der Waals surface area (Å²) >= 11 is 0. The zero-order valence-electron chi connectivity index (χ0n) is 18.5. The number of pyridine rings is 2. The minimum absolute atomic E-state index is 0.221. The summed E-state index contributed by atoms with van der Waals surface area (Å²) in [5, 5.41) is 4.55. The zero-order valence-corrected chi connectivity index (χ0v) is 18.5. The number of nitrogens with zero attached hydrogens (tertiary/aromatic N) is 4. The quantitative estimate of drug-likeness (QED) is 0.483. The first kappa shape index (κ1) is 20.9. The maximum absolute atomic E-state index is 12.7. The molecule has 9 nitrogen and oxygen atoms in total. The van der Waals surface area contributed by atoms with E-state index in [1.807, 2.05) is 18.2 Å². The number of fused-ring (bicyclic) bond motifs is 1. The number of benzene rings is 1. The molecule has 1 aliphatic heterocycles. The van der Waals surface area contributed by atoms with E-state index in [2.05, 4.69) is 44.2 Å². The number of aryl methyl sites for hydroxylation is 1. The van der Waals surface area contributed by atoms with Crippen LogP contribution in [0.5, 0.6) is 5.88 Å². The lowest BCUT2D eigenvalue weighted by Gasteiger charge is -2.30. The fourth-order valence-electron chi connectivity index (χ4n) is 4.11. The number of hydrogen-bond donors (Lipinski definition) is 2. The van der Waals surface area contributed by atoms with E-state index in [-0.39, 0.29) is 5.56 Å². The molecule has 0 spiro atoms. The molecule has 9 heteroatoms. The van der Waals surface area contributed by atoms with Gasteiger partial charge in [0.1, 0.15) is 5.82 Å². The van der Waals surface area contributed by atoms with E-state index in [0.717, 1.165) is 42.9 Å². The number of morpholine rings is 1. The predicted molar refractivity (Wildman–Crippen MR) is 127 cm³/mol. The molecule has 0 amide bonds. The van der Waals surface area contributed by atoms with E-state index >= 15 is 0 Å². The van der Waals surface area contributed by atoms with Gasteiger partial charge in [0.2, 0.25) is 5.88 Å².